The average molecular weight is 376 g/mol. The first kappa shape index (κ1) is 23.6. The second-order valence-electron chi connectivity index (χ2n) is 5.30. The van der Waals surface area contributed by atoms with E-state index >= 15 is 0 Å². The minimum atomic E-state index is -4.30. The van der Waals surface area contributed by atoms with Crippen molar-refractivity contribution >= 4 is 16.9 Å². The van der Waals surface area contributed by atoms with Crippen molar-refractivity contribution < 1.29 is 18.3 Å². The number of aliphatic hydroxyl groups excluding tert-OH is 1. The molecule has 0 amide bonds. The minimum Gasteiger partial charge on any atom is -0.396 e. The van der Waals surface area contributed by atoms with E-state index < -0.39 is 11.7 Å². The molecule has 6 heteroatoms. The molecule has 1 atom stereocenters. The predicted molar refractivity (Wildman–Crippen MR) is 101 cm³/mol. The van der Waals surface area contributed by atoms with E-state index in [1.165, 1.54) is 16.9 Å². The van der Waals surface area contributed by atoms with E-state index in [-0.39, 0.29) is 12.5 Å². The number of hydrogen-bond donors (Lipinski definition) is 1. The molecule has 25 heavy (non-hydrogen) atoms. The highest BCUT2D eigenvalue weighted by Gasteiger charge is 2.29. The molecule has 1 aromatic heterocycles. The number of hydrogen-bond acceptors (Lipinski definition) is 3. The van der Waals surface area contributed by atoms with E-state index in [0.717, 1.165) is 23.5 Å². The highest BCUT2D eigenvalue weighted by molar-refractivity contribution is 7.12. The first-order chi connectivity index (χ1) is 11.7. The van der Waals surface area contributed by atoms with Crippen LogP contribution in [-0.4, -0.2) is 22.9 Å². The molecular formula is C19H28F3NOS. The quantitative estimate of drug-likeness (QED) is 0.629. The maximum atomic E-state index is 11.3. The highest BCUT2D eigenvalue weighted by Crippen LogP contribution is 2.36. The first-order valence-electron chi connectivity index (χ1n) is 8.36. The van der Waals surface area contributed by atoms with Gasteiger partial charge in [-0.05, 0) is 38.7 Å². The van der Waals surface area contributed by atoms with Gasteiger partial charge in [0.2, 0.25) is 0 Å². The number of aromatic nitrogens is 1. The van der Waals surface area contributed by atoms with Crippen molar-refractivity contribution in [3.05, 3.63) is 46.5 Å². The first-order valence-corrected chi connectivity index (χ1v) is 9.18. The molecule has 1 N–H and O–H groups in total. The second-order valence-corrected chi connectivity index (χ2v) is 6.38. The van der Waals surface area contributed by atoms with Crippen LogP contribution in [0.4, 0.5) is 13.2 Å². The Balaban J connectivity index is 0.000000493. The fourth-order valence-electron chi connectivity index (χ4n) is 2.09. The molecule has 0 saturated heterocycles. The van der Waals surface area contributed by atoms with Crippen LogP contribution in [0, 0.1) is 0 Å². The van der Waals surface area contributed by atoms with Gasteiger partial charge in [0, 0.05) is 16.4 Å². The van der Waals surface area contributed by atoms with Gasteiger partial charge in [0.05, 0.1) is 12.3 Å². The molecule has 0 fully saturated rings. The molecule has 1 aliphatic carbocycles. The summed E-state index contributed by atoms with van der Waals surface area (Å²) in [6.45, 7) is 14.0. The molecule has 2 nitrogen and oxygen atoms in total. The van der Waals surface area contributed by atoms with Crippen molar-refractivity contribution in [3.8, 4) is 0 Å². The third-order valence-electron chi connectivity index (χ3n) is 3.67. The Labute approximate surface area is 152 Å². The van der Waals surface area contributed by atoms with E-state index in [2.05, 4.69) is 31.1 Å². The number of thiazole rings is 1. The third kappa shape index (κ3) is 7.16. The van der Waals surface area contributed by atoms with Crippen LogP contribution >= 0.6 is 11.3 Å². The van der Waals surface area contributed by atoms with Gasteiger partial charge in [-0.1, -0.05) is 39.2 Å². The van der Waals surface area contributed by atoms with Crippen molar-refractivity contribution in [1.29, 1.82) is 0 Å². The number of halogens is 3. The molecular weight excluding hydrogens is 347 g/mol. The fraction of sp³-hybridized carbons (Fsp3) is 0.526. The highest BCUT2D eigenvalue weighted by atomic mass is 32.1. The summed E-state index contributed by atoms with van der Waals surface area (Å²) in [7, 11) is 0. The Bertz CT molecular complexity index is 588. The third-order valence-corrected chi connectivity index (χ3v) is 4.94. The van der Waals surface area contributed by atoms with E-state index in [9.17, 15) is 18.3 Å². The van der Waals surface area contributed by atoms with Crippen LogP contribution in [0.25, 0.3) is 5.57 Å². The molecule has 1 aromatic rings. The Morgan fingerprint density at radius 2 is 2.00 bits per heavy atom. The number of rotatable bonds is 3. The molecule has 1 unspecified atom stereocenters. The molecule has 0 radical (unpaired) electrons. The number of allylic oxidation sites excluding steroid dienone is 4. The number of alkyl halides is 3. The molecule has 0 spiro atoms. The summed E-state index contributed by atoms with van der Waals surface area (Å²) in [4.78, 5) is 6.05. The number of fused-ring (bicyclic) bond motifs is 1. The molecule has 1 aliphatic rings. The molecule has 142 valence electrons. The Kier molecular flexibility index (Phi) is 10.6. The zero-order valence-corrected chi connectivity index (χ0v) is 16.2. The average Bonchev–Trinajstić information content (AvgIpc) is 3.05. The van der Waals surface area contributed by atoms with E-state index in [1.54, 1.807) is 11.3 Å². The summed E-state index contributed by atoms with van der Waals surface area (Å²) in [6.07, 6.45) is 1.89. The van der Waals surface area contributed by atoms with Gasteiger partial charge in [0.15, 0.2) is 0 Å². The lowest BCUT2D eigenvalue weighted by molar-refractivity contribution is -0.0877. The van der Waals surface area contributed by atoms with Gasteiger partial charge in [0.25, 0.3) is 0 Å². The molecule has 1 heterocycles. The van der Waals surface area contributed by atoms with Crippen LogP contribution < -0.4 is 0 Å². The summed E-state index contributed by atoms with van der Waals surface area (Å²) in [5, 5.41) is 10.4. The summed E-state index contributed by atoms with van der Waals surface area (Å²) in [5.41, 5.74) is 1.49. The van der Waals surface area contributed by atoms with Crippen LogP contribution in [0.15, 0.2) is 30.9 Å². The summed E-state index contributed by atoms with van der Waals surface area (Å²) in [6, 6.07) is 0. The summed E-state index contributed by atoms with van der Waals surface area (Å²) >= 11 is 1.80. The van der Waals surface area contributed by atoms with Crippen LogP contribution in [0.1, 0.15) is 62.0 Å². The molecule has 0 aliphatic heterocycles. The predicted octanol–water partition coefficient (Wildman–Crippen LogP) is 6.30. The number of aliphatic hydroxyl groups is 1. The van der Waals surface area contributed by atoms with Crippen LogP contribution in [0.2, 0.25) is 0 Å². The monoisotopic (exact) mass is 375 g/mol. The minimum absolute atomic E-state index is 0.241. The van der Waals surface area contributed by atoms with Crippen molar-refractivity contribution in [2.45, 2.75) is 59.1 Å². The Morgan fingerprint density at radius 1 is 1.40 bits per heavy atom. The van der Waals surface area contributed by atoms with Gasteiger partial charge in [0.1, 0.15) is 5.01 Å². The Hall–Kier alpha value is -1.40. The van der Waals surface area contributed by atoms with Gasteiger partial charge in [-0.3, -0.25) is 0 Å². The SMILES string of the molecule is C/C=C(\C)c1nc2c(s1)CCCC2CO.C=CC(=C)C(F)(F)F.CC. The van der Waals surface area contributed by atoms with Crippen molar-refractivity contribution in [2.24, 2.45) is 0 Å². The van der Waals surface area contributed by atoms with Gasteiger partial charge in [-0.25, -0.2) is 4.98 Å². The molecule has 0 aromatic carbocycles. The number of aryl methyl sites for hydroxylation is 1. The molecule has 0 saturated carbocycles. The fourth-order valence-corrected chi connectivity index (χ4v) is 3.31. The second kappa shape index (κ2) is 11.3. The lowest BCUT2D eigenvalue weighted by Crippen LogP contribution is -2.11. The van der Waals surface area contributed by atoms with Gasteiger partial charge >= 0.3 is 6.18 Å². The summed E-state index contributed by atoms with van der Waals surface area (Å²) in [5.74, 6) is 0.281. The zero-order valence-electron chi connectivity index (χ0n) is 15.4. The summed E-state index contributed by atoms with van der Waals surface area (Å²) < 4.78 is 33.8. The maximum absolute atomic E-state index is 11.3. The van der Waals surface area contributed by atoms with Crippen LogP contribution in [-0.2, 0) is 6.42 Å². The smallest absolute Gasteiger partial charge is 0.396 e. The lowest BCUT2D eigenvalue weighted by Gasteiger charge is -2.18. The normalized spacial score (nSPS) is 16.6. The maximum Gasteiger partial charge on any atom is 0.415 e. The number of nitrogens with zero attached hydrogens (tertiary/aromatic N) is 1. The van der Waals surface area contributed by atoms with Gasteiger partial charge in [-0.15, -0.1) is 11.3 Å². The van der Waals surface area contributed by atoms with Gasteiger partial charge in [-0.2, -0.15) is 13.2 Å². The molecule has 0 bridgehead atoms. The van der Waals surface area contributed by atoms with E-state index in [4.69, 9.17) is 0 Å². The molecule has 2 rings (SSSR count). The van der Waals surface area contributed by atoms with Crippen molar-refractivity contribution in [1.82, 2.24) is 4.98 Å². The standard InChI is InChI=1S/C12H17NOS.C5H5F3.C2H6/c1-3-8(2)12-13-11-9(7-14)5-4-6-10(11)15-12;1-3-4(2)5(6,7)8;1-2/h3,9,14H,4-7H2,1-2H3;3H,1-2H2;1-2H3/b8-3+;;. The van der Waals surface area contributed by atoms with Crippen molar-refractivity contribution in [2.75, 3.05) is 6.61 Å². The van der Waals surface area contributed by atoms with Crippen molar-refractivity contribution in [3.63, 3.8) is 0 Å². The topological polar surface area (TPSA) is 33.1 Å². The Morgan fingerprint density at radius 3 is 2.40 bits per heavy atom. The zero-order chi connectivity index (χ0) is 19.6. The van der Waals surface area contributed by atoms with Crippen LogP contribution in [0.3, 0.4) is 0 Å². The lowest BCUT2D eigenvalue weighted by atomic mass is 9.92. The van der Waals surface area contributed by atoms with Gasteiger partial charge < -0.3 is 5.11 Å². The van der Waals surface area contributed by atoms with Crippen LogP contribution in [0.5, 0.6) is 0 Å². The van der Waals surface area contributed by atoms with E-state index in [1.807, 2.05) is 20.8 Å². The van der Waals surface area contributed by atoms with E-state index in [0.29, 0.717) is 6.08 Å². The largest absolute Gasteiger partial charge is 0.415 e.